The number of methoxy groups -OCH3 is 1. The van der Waals surface area contributed by atoms with Crippen LogP contribution in [-0.4, -0.2) is 52.5 Å². The van der Waals surface area contributed by atoms with Crippen molar-refractivity contribution in [2.45, 2.75) is 20.3 Å². The van der Waals surface area contributed by atoms with E-state index < -0.39 is 0 Å². The number of carbonyl (C=O) groups is 1. The SMILES string of the molecule is COCCNC(=O)CNCCCOCC(C)C. The van der Waals surface area contributed by atoms with E-state index in [2.05, 4.69) is 24.5 Å². The molecule has 1 amide bonds. The van der Waals surface area contributed by atoms with Gasteiger partial charge in [0.1, 0.15) is 0 Å². The molecule has 0 heterocycles. The monoisotopic (exact) mass is 246 g/mol. The molecule has 0 aliphatic rings. The Hall–Kier alpha value is -0.650. The third kappa shape index (κ3) is 13.3. The lowest BCUT2D eigenvalue weighted by molar-refractivity contribution is -0.120. The molecule has 0 aromatic heterocycles. The van der Waals surface area contributed by atoms with E-state index in [0.29, 0.717) is 25.6 Å². The van der Waals surface area contributed by atoms with E-state index in [1.54, 1.807) is 7.11 Å². The van der Waals surface area contributed by atoms with Crippen LogP contribution in [0.1, 0.15) is 20.3 Å². The van der Waals surface area contributed by atoms with E-state index in [0.717, 1.165) is 26.2 Å². The average Bonchev–Trinajstić information content (AvgIpc) is 2.28. The molecule has 2 N–H and O–H groups in total. The van der Waals surface area contributed by atoms with Gasteiger partial charge in [0.25, 0.3) is 0 Å². The van der Waals surface area contributed by atoms with Crippen molar-refractivity contribution in [3.05, 3.63) is 0 Å². The summed E-state index contributed by atoms with van der Waals surface area (Å²) in [5, 5.41) is 5.81. The van der Waals surface area contributed by atoms with Crippen LogP contribution >= 0.6 is 0 Å². The first kappa shape index (κ1) is 16.4. The standard InChI is InChI=1S/C12H26N2O3/c1-11(2)10-17-7-4-5-13-9-12(15)14-6-8-16-3/h11,13H,4-10H2,1-3H3,(H,14,15). The van der Waals surface area contributed by atoms with Crippen LogP contribution in [0.4, 0.5) is 0 Å². The minimum absolute atomic E-state index is 0.00477. The molecule has 0 radical (unpaired) electrons. The highest BCUT2D eigenvalue weighted by Crippen LogP contribution is 1.92. The molecular formula is C12H26N2O3. The maximum absolute atomic E-state index is 11.2. The van der Waals surface area contributed by atoms with Crippen LogP contribution in [0.15, 0.2) is 0 Å². The highest BCUT2D eigenvalue weighted by Gasteiger charge is 1.99. The summed E-state index contributed by atoms with van der Waals surface area (Å²) in [5.74, 6) is 0.583. The van der Waals surface area contributed by atoms with E-state index in [4.69, 9.17) is 9.47 Å². The molecule has 0 atom stereocenters. The van der Waals surface area contributed by atoms with E-state index in [1.165, 1.54) is 0 Å². The fraction of sp³-hybridized carbons (Fsp3) is 0.917. The second-order valence-electron chi connectivity index (χ2n) is 4.34. The molecule has 0 aromatic carbocycles. The van der Waals surface area contributed by atoms with Crippen molar-refractivity contribution >= 4 is 5.91 Å². The second kappa shape index (κ2) is 11.8. The molecule has 0 fully saturated rings. The molecule has 0 unspecified atom stereocenters. The van der Waals surface area contributed by atoms with Gasteiger partial charge in [-0.15, -0.1) is 0 Å². The number of rotatable bonds is 11. The van der Waals surface area contributed by atoms with Crippen LogP contribution in [0.2, 0.25) is 0 Å². The molecule has 5 heteroatoms. The zero-order valence-corrected chi connectivity index (χ0v) is 11.3. The smallest absolute Gasteiger partial charge is 0.234 e. The van der Waals surface area contributed by atoms with Crippen LogP contribution in [0.25, 0.3) is 0 Å². The summed E-state index contributed by atoms with van der Waals surface area (Å²) in [6.45, 7) is 8.08. The number of ether oxygens (including phenoxy) is 2. The fourth-order valence-corrected chi connectivity index (χ4v) is 1.18. The van der Waals surface area contributed by atoms with Crippen molar-refractivity contribution in [2.75, 3.05) is 46.6 Å². The molecule has 17 heavy (non-hydrogen) atoms. The summed E-state index contributed by atoms with van der Waals surface area (Å²) in [7, 11) is 1.61. The largest absolute Gasteiger partial charge is 0.383 e. The molecule has 102 valence electrons. The topological polar surface area (TPSA) is 59.6 Å². The van der Waals surface area contributed by atoms with Crippen molar-refractivity contribution in [2.24, 2.45) is 5.92 Å². The molecule has 5 nitrogen and oxygen atoms in total. The lowest BCUT2D eigenvalue weighted by Crippen LogP contribution is -2.36. The zero-order valence-electron chi connectivity index (χ0n) is 11.3. The number of nitrogens with one attached hydrogen (secondary N) is 2. The Balaban J connectivity index is 3.14. The van der Waals surface area contributed by atoms with Gasteiger partial charge >= 0.3 is 0 Å². The molecular weight excluding hydrogens is 220 g/mol. The van der Waals surface area contributed by atoms with Gasteiger partial charge in [-0.05, 0) is 18.9 Å². The highest BCUT2D eigenvalue weighted by atomic mass is 16.5. The van der Waals surface area contributed by atoms with Crippen LogP contribution in [0, 0.1) is 5.92 Å². The number of carbonyl (C=O) groups excluding carboxylic acids is 1. The van der Waals surface area contributed by atoms with Crippen molar-refractivity contribution < 1.29 is 14.3 Å². The van der Waals surface area contributed by atoms with Gasteiger partial charge in [0.05, 0.1) is 13.2 Å². The summed E-state index contributed by atoms with van der Waals surface area (Å²) in [4.78, 5) is 11.2. The summed E-state index contributed by atoms with van der Waals surface area (Å²) >= 11 is 0. The van der Waals surface area contributed by atoms with Gasteiger partial charge in [-0.3, -0.25) is 4.79 Å². The van der Waals surface area contributed by atoms with Gasteiger partial charge in [0.2, 0.25) is 5.91 Å². The Labute approximate surface area is 104 Å². The number of hydrogen-bond acceptors (Lipinski definition) is 4. The quantitative estimate of drug-likeness (QED) is 0.518. The molecule has 0 rings (SSSR count). The molecule has 0 aliphatic heterocycles. The average molecular weight is 246 g/mol. The summed E-state index contributed by atoms with van der Waals surface area (Å²) in [6.07, 6.45) is 0.929. The zero-order chi connectivity index (χ0) is 12.9. The van der Waals surface area contributed by atoms with Gasteiger partial charge in [0.15, 0.2) is 0 Å². The first-order chi connectivity index (χ1) is 8.16. The fourth-order valence-electron chi connectivity index (χ4n) is 1.18. The van der Waals surface area contributed by atoms with Gasteiger partial charge in [-0.2, -0.15) is 0 Å². The predicted molar refractivity (Wildman–Crippen MR) is 68.0 cm³/mol. The highest BCUT2D eigenvalue weighted by molar-refractivity contribution is 5.77. The Morgan fingerprint density at radius 1 is 1.24 bits per heavy atom. The van der Waals surface area contributed by atoms with E-state index >= 15 is 0 Å². The predicted octanol–water partition coefficient (Wildman–Crippen LogP) is 0.401. The summed E-state index contributed by atoms with van der Waals surface area (Å²) < 4.78 is 10.3. The van der Waals surface area contributed by atoms with Crippen molar-refractivity contribution in [3.8, 4) is 0 Å². The Bertz CT molecular complexity index is 187. The summed E-state index contributed by atoms with van der Waals surface area (Å²) in [6, 6.07) is 0. The van der Waals surface area contributed by atoms with E-state index in [1.807, 2.05) is 0 Å². The lowest BCUT2D eigenvalue weighted by atomic mass is 10.2. The Morgan fingerprint density at radius 3 is 2.65 bits per heavy atom. The first-order valence-corrected chi connectivity index (χ1v) is 6.21. The van der Waals surface area contributed by atoms with Gasteiger partial charge in [0, 0.05) is 26.9 Å². The normalized spacial score (nSPS) is 10.8. The van der Waals surface area contributed by atoms with Crippen LogP contribution in [-0.2, 0) is 14.3 Å². The molecule has 0 saturated carbocycles. The number of amides is 1. The Morgan fingerprint density at radius 2 is 2.00 bits per heavy atom. The Kier molecular flexibility index (Phi) is 11.4. The van der Waals surface area contributed by atoms with Gasteiger partial charge in [-0.1, -0.05) is 13.8 Å². The molecule has 0 aromatic rings. The van der Waals surface area contributed by atoms with E-state index in [9.17, 15) is 4.79 Å². The van der Waals surface area contributed by atoms with Crippen molar-refractivity contribution in [1.29, 1.82) is 0 Å². The molecule has 0 bridgehead atoms. The van der Waals surface area contributed by atoms with Crippen LogP contribution in [0.3, 0.4) is 0 Å². The van der Waals surface area contributed by atoms with Crippen molar-refractivity contribution in [3.63, 3.8) is 0 Å². The minimum Gasteiger partial charge on any atom is -0.383 e. The molecule has 0 aliphatic carbocycles. The maximum Gasteiger partial charge on any atom is 0.234 e. The van der Waals surface area contributed by atoms with Crippen molar-refractivity contribution in [1.82, 2.24) is 10.6 Å². The third-order valence-electron chi connectivity index (χ3n) is 2.01. The molecule has 0 spiro atoms. The third-order valence-corrected chi connectivity index (χ3v) is 2.01. The first-order valence-electron chi connectivity index (χ1n) is 6.21. The van der Waals surface area contributed by atoms with E-state index in [-0.39, 0.29) is 5.91 Å². The molecule has 0 saturated heterocycles. The second-order valence-corrected chi connectivity index (χ2v) is 4.34. The van der Waals surface area contributed by atoms with Gasteiger partial charge < -0.3 is 20.1 Å². The number of hydrogen-bond donors (Lipinski definition) is 2. The summed E-state index contributed by atoms with van der Waals surface area (Å²) in [5.41, 5.74) is 0. The minimum atomic E-state index is 0.00477. The van der Waals surface area contributed by atoms with Crippen LogP contribution in [0.5, 0.6) is 0 Å². The van der Waals surface area contributed by atoms with Gasteiger partial charge in [-0.25, -0.2) is 0 Å². The van der Waals surface area contributed by atoms with Crippen LogP contribution < -0.4 is 10.6 Å². The lowest BCUT2D eigenvalue weighted by Gasteiger charge is -2.08. The maximum atomic E-state index is 11.2.